The first kappa shape index (κ1) is 32.9. The number of carbonyl (C=O) groups excluding carboxylic acids is 1. The fraction of sp³-hybridized carbons (Fsp3) is 0.250. The second-order valence-electron chi connectivity index (χ2n) is 7.51. The number of nitrogens with zero attached hydrogens (tertiary/aromatic N) is 2. The minimum atomic E-state index is -0.641. The lowest BCUT2D eigenvalue weighted by Gasteiger charge is -2.12. The third-order valence-corrected chi connectivity index (χ3v) is 6.42. The van der Waals surface area contributed by atoms with Crippen molar-refractivity contribution in [1.82, 2.24) is 4.57 Å². The van der Waals surface area contributed by atoms with Crippen molar-refractivity contribution in [3.63, 3.8) is 0 Å². The predicted octanol–water partition coefficient (Wildman–Crippen LogP) is 5.72. The van der Waals surface area contributed by atoms with Gasteiger partial charge in [0.1, 0.15) is 5.69 Å². The average Bonchev–Trinajstić information content (AvgIpc) is 2.89. The number of hydrogen-bond donors (Lipinski definition) is 6. The maximum Gasteiger partial charge on any atom is 0.294 e. The zero-order valence-electron chi connectivity index (χ0n) is 21.4. The van der Waals surface area contributed by atoms with E-state index in [1.54, 1.807) is 19.1 Å². The number of pyridine rings is 1. The number of aryl methyl sites for hydroxylation is 1. The number of rotatable bonds is 9. The van der Waals surface area contributed by atoms with Crippen LogP contribution in [-0.4, -0.2) is 34.8 Å². The van der Waals surface area contributed by atoms with E-state index in [1.807, 2.05) is 0 Å². The van der Waals surface area contributed by atoms with E-state index in [9.17, 15) is 9.59 Å². The molecule has 14 heteroatoms. The van der Waals surface area contributed by atoms with E-state index in [0.29, 0.717) is 17.6 Å². The van der Waals surface area contributed by atoms with E-state index in [0.717, 1.165) is 12.4 Å². The molecular formula is C24H31ClIN8O3P. The molecule has 1 aromatic heterocycles. The Morgan fingerprint density at radius 3 is 2.47 bits per heavy atom. The number of benzene rings is 1. The molecule has 0 spiro atoms. The van der Waals surface area contributed by atoms with Crippen LogP contribution in [0, 0.1) is 16.2 Å². The maximum absolute atomic E-state index is 12.4. The molecule has 1 unspecified atom stereocenters. The average molecular weight is 673 g/mol. The second-order valence-corrected chi connectivity index (χ2v) is 9.94. The van der Waals surface area contributed by atoms with Crippen molar-refractivity contribution in [2.75, 3.05) is 10.4 Å². The van der Waals surface area contributed by atoms with Gasteiger partial charge in [0.25, 0.3) is 17.5 Å². The first-order valence-electron chi connectivity index (χ1n) is 11.3. The maximum atomic E-state index is 12.4. The summed E-state index contributed by atoms with van der Waals surface area (Å²) in [6.45, 7) is 5.95. The molecule has 0 aliphatic carbocycles. The van der Waals surface area contributed by atoms with Crippen molar-refractivity contribution in [3.05, 3.63) is 62.5 Å². The van der Waals surface area contributed by atoms with E-state index < -0.39 is 23.4 Å². The minimum absolute atomic E-state index is 0.0662. The van der Waals surface area contributed by atoms with Crippen molar-refractivity contribution < 1.29 is 9.53 Å². The highest BCUT2D eigenvalue weighted by atomic mass is 127. The van der Waals surface area contributed by atoms with Crippen LogP contribution in [0.2, 0.25) is 5.02 Å². The van der Waals surface area contributed by atoms with Gasteiger partial charge in [-0.2, -0.15) is 4.99 Å². The number of aromatic nitrogens is 1. The van der Waals surface area contributed by atoms with Crippen LogP contribution in [0.5, 0.6) is 0 Å². The van der Waals surface area contributed by atoms with Gasteiger partial charge >= 0.3 is 0 Å². The Hall–Kier alpha value is -3.09. The molecule has 0 saturated heterocycles. The van der Waals surface area contributed by atoms with E-state index in [2.05, 4.69) is 51.3 Å². The summed E-state index contributed by atoms with van der Waals surface area (Å²) in [6.07, 6.45) is 7.75. The molecule has 1 heterocycles. The first-order chi connectivity index (χ1) is 18.1. The van der Waals surface area contributed by atoms with Gasteiger partial charge < -0.3 is 36.3 Å². The van der Waals surface area contributed by atoms with Gasteiger partial charge in [-0.3, -0.25) is 15.0 Å². The van der Waals surface area contributed by atoms with E-state index in [-0.39, 0.29) is 27.5 Å². The van der Waals surface area contributed by atoms with Crippen molar-refractivity contribution >= 4 is 87.3 Å². The number of carbonyl (C=O) groups is 1. The topological polar surface area (TPSA) is 182 Å². The Morgan fingerprint density at radius 1 is 1.29 bits per heavy atom. The first-order valence-corrected chi connectivity index (χ1v) is 15.8. The van der Waals surface area contributed by atoms with Gasteiger partial charge in [0.2, 0.25) is 5.90 Å². The van der Waals surface area contributed by atoms with E-state index >= 15 is 0 Å². The fourth-order valence-corrected chi connectivity index (χ4v) is 4.13. The molecule has 38 heavy (non-hydrogen) atoms. The van der Waals surface area contributed by atoms with Crippen molar-refractivity contribution in [1.29, 1.82) is 16.2 Å². The number of amides is 1. The number of aliphatic imine (C=N–C) groups is 1. The lowest BCUT2D eigenvalue weighted by molar-refractivity contribution is -0.112. The lowest BCUT2D eigenvalue weighted by atomic mass is 10.1. The van der Waals surface area contributed by atoms with Gasteiger partial charge in [0.15, 0.2) is 0 Å². The van der Waals surface area contributed by atoms with Crippen molar-refractivity contribution in [2.24, 2.45) is 17.8 Å². The van der Waals surface area contributed by atoms with Crippen LogP contribution in [0.4, 0.5) is 17.1 Å². The normalized spacial score (nSPS) is 11.4. The lowest BCUT2D eigenvalue weighted by Crippen LogP contribution is -2.27. The van der Waals surface area contributed by atoms with Gasteiger partial charge in [-0.15, -0.1) is 0 Å². The summed E-state index contributed by atoms with van der Waals surface area (Å²) in [5.74, 6) is -1.07. The molecule has 0 saturated carbocycles. The molecule has 204 valence electrons. The molecule has 2 aromatic rings. The number of nitrogens with two attached hydrogens (primary N) is 1. The summed E-state index contributed by atoms with van der Waals surface area (Å²) in [5.41, 5.74) is 6.78. The minimum Gasteiger partial charge on any atom is -0.407 e. The van der Waals surface area contributed by atoms with Crippen LogP contribution in [0.15, 0.2) is 45.8 Å². The monoisotopic (exact) mass is 672 g/mol. The number of nitrogens with one attached hydrogen (secondary N) is 5. The number of ether oxygens (including phenoxy) is 1. The van der Waals surface area contributed by atoms with Gasteiger partial charge in [0, 0.05) is 43.3 Å². The molecule has 11 nitrogen and oxygen atoms in total. The molecule has 0 fully saturated rings. The zero-order chi connectivity index (χ0) is 28.8. The van der Waals surface area contributed by atoms with Gasteiger partial charge in [-0.05, 0) is 47.2 Å². The summed E-state index contributed by atoms with van der Waals surface area (Å²) in [5, 5.41) is 28.8. The Bertz CT molecular complexity index is 1310. The summed E-state index contributed by atoms with van der Waals surface area (Å²) in [7, 11) is 1.45. The smallest absolute Gasteiger partial charge is 0.294 e. The summed E-state index contributed by atoms with van der Waals surface area (Å²) < 4.78 is 6.46. The SMILES string of the molecule is C/C=C(\C=N)C(=O)Nc1cc(C(=N)OC(N)=Nc2ccc(NPI)c(C=N)c2Cl)cn(C)c1=O.CCCC. The molecular weight excluding hydrogens is 642 g/mol. The van der Waals surface area contributed by atoms with E-state index in [4.69, 9.17) is 38.3 Å². The highest BCUT2D eigenvalue weighted by molar-refractivity contribution is 14.2. The predicted molar refractivity (Wildman–Crippen MR) is 168 cm³/mol. The van der Waals surface area contributed by atoms with Crippen LogP contribution < -0.4 is 21.7 Å². The number of anilines is 2. The highest BCUT2D eigenvalue weighted by Crippen LogP contribution is 2.35. The Kier molecular flexibility index (Phi) is 14.5. The van der Waals surface area contributed by atoms with Crippen molar-refractivity contribution in [3.8, 4) is 0 Å². The number of amidine groups is 1. The van der Waals surface area contributed by atoms with Crippen molar-refractivity contribution in [2.45, 2.75) is 33.6 Å². The largest absolute Gasteiger partial charge is 0.407 e. The van der Waals surface area contributed by atoms with Gasteiger partial charge in [-0.25, -0.2) is 0 Å². The molecule has 1 atom stereocenters. The third kappa shape index (κ3) is 9.34. The standard InChI is InChI=1S/C20H21ClIN8O3P.C4H10/c1-3-10(7-23)18(31)27-15-6-11(9-30(2)19(15)32)17(25)33-20(26)28-14-5-4-13(29-34-22)12(8-24)16(14)21;1-3-4-2/h3-9,23-25,29,34H,1-2H3,(H2,26,28)(H,27,31);3-4H2,1-2H3/b10-3+,23-7?,24-8?,25-17?;. The summed E-state index contributed by atoms with van der Waals surface area (Å²) in [4.78, 5) is 28.7. The van der Waals surface area contributed by atoms with Crippen LogP contribution >= 0.6 is 40.0 Å². The molecule has 1 aromatic carbocycles. The fourth-order valence-electron chi connectivity index (χ4n) is 2.67. The number of unbranched alkanes of at least 4 members (excludes halogenated alkanes) is 1. The quantitative estimate of drug-likeness (QED) is 0.0654. The van der Waals surface area contributed by atoms with E-state index in [1.165, 1.54) is 42.8 Å². The number of halogens is 2. The van der Waals surface area contributed by atoms with Gasteiger partial charge in [0.05, 0.1) is 21.8 Å². The molecule has 1 amide bonds. The molecule has 0 bridgehead atoms. The Labute approximate surface area is 241 Å². The van der Waals surface area contributed by atoms with Crippen LogP contribution in [-0.2, 0) is 16.6 Å². The summed E-state index contributed by atoms with van der Waals surface area (Å²) >= 11 is 8.50. The van der Waals surface area contributed by atoms with Crippen LogP contribution in [0.25, 0.3) is 0 Å². The van der Waals surface area contributed by atoms with Crippen LogP contribution in [0.3, 0.4) is 0 Å². The molecule has 0 radical (unpaired) electrons. The summed E-state index contributed by atoms with van der Waals surface area (Å²) in [6, 6.07) is 4.16. The zero-order valence-corrected chi connectivity index (χ0v) is 25.3. The Morgan fingerprint density at radius 2 is 1.95 bits per heavy atom. The van der Waals surface area contributed by atoms with Gasteiger partial charge in [-0.1, -0.05) is 44.4 Å². The molecule has 7 N–H and O–H groups in total. The molecule has 0 aliphatic rings. The number of hydrogen-bond acceptors (Lipinski definition) is 8. The highest BCUT2D eigenvalue weighted by Gasteiger charge is 2.15. The molecule has 2 rings (SSSR count). The van der Waals surface area contributed by atoms with Crippen LogP contribution in [0.1, 0.15) is 44.7 Å². The Balaban J connectivity index is 0.00000168. The third-order valence-electron chi connectivity index (χ3n) is 4.85. The number of allylic oxidation sites excluding steroid dienone is 1. The second kappa shape index (κ2) is 16.7. The molecule has 0 aliphatic heterocycles.